The predicted octanol–water partition coefficient (Wildman–Crippen LogP) is -1.61. The van der Waals surface area contributed by atoms with Crippen molar-refractivity contribution in [1.82, 2.24) is 0 Å². The Morgan fingerprint density at radius 1 is 1.09 bits per heavy atom. The Balaban J connectivity index is 2.83. The van der Waals surface area contributed by atoms with E-state index in [1.54, 1.807) is 6.92 Å². The van der Waals surface area contributed by atoms with Gasteiger partial charge >= 0.3 is 0 Å². The molecule has 1 rings (SSSR count). The standard InChI is InChI=1S/C7H12O4/c1-3-2-4(8)6(10)7(11)5(3)9/h2,4-11H,1H3. The third-order valence-electron chi connectivity index (χ3n) is 1.92. The molecule has 0 saturated heterocycles. The molecule has 1 aliphatic rings. The molecule has 4 unspecified atom stereocenters. The van der Waals surface area contributed by atoms with Crippen LogP contribution in [0.4, 0.5) is 0 Å². The van der Waals surface area contributed by atoms with Crippen LogP contribution in [0.15, 0.2) is 11.6 Å². The van der Waals surface area contributed by atoms with Gasteiger partial charge in [-0.2, -0.15) is 0 Å². The van der Waals surface area contributed by atoms with Gasteiger partial charge in [0.05, 0.1) is 0 Å². The third kappa shape index (κ3) is 1.44. The lowest BCUT2D eigenvalue weighted by atomic mass is 9.91. The maximum absolute atomic E-state index is 9.14. The van der Waals surface area contributed by atoms with Crippen molar-refractivity contribution in [2.24, 2.45) is 0 Å². The second-order valence-corrected chi connectivity index (χ2v) is 2.83. The molecule has 0 heterocycles. The van der Waals surface area contributed by atoms with E-state index in [1.807, 2.05) is 0 Å². The Labute approximate surface area is 64.4 Å². The lowest BCUT2D eigenvalue weighted by Gasteiger charge is -2.30. The molecule has 0 aliphatic heterocycles. The Kier molecular flexibility index (Phi) is 2.29. The molecule has 0 amide bonds. The Morgan fingerprint density at radius 3 is 2.18 bits per heavy atom. The SMILES string of the molecule is CC1=CC(O)C(O)C(O)C1O. The maximum atomic E-state index is 9.14. The number of hydrogen-bond donors (Lipinski definition) is 4. The summed E-state index contributed by atoms with van der Waals surface area (Å²) < 4.78 is 0. The molecule has 4 N–H and O–H groups in total. The second kappa shape index (κ2) is 2.91. The first-order valence-corrected chi connectivity index (χ1v) is 3.44. The second-order valence-electron chi connectivity index (χ2n) is 2.83. The van der Waals surface area contributed by atoms with Crippen LogP contribution < -0.4 is 0 Å². The van der Waals surface area contributed by atoms with Crippen molar-refractivity contribution in [1.29, 1.82) is 0 Å². The number of hydrogen-bond acceptors (Lipinski definition) is 4. The van der Waals surface area contributed by atoms with Gasteiger partial charge in [0.1, 0.15) is 24.4 Å². The number of aliphatic hydroxyl groups is 4. The molecular formula is C7H12O4. The average molecular weight is 160 g/mol. The van der Waals surface area contributed by atoms with E-state index >= 15 is 0 Å². The molecule has 0 spiro atoms. The van der Waals surface area contributed by atoms with Crippen molar-refractivity contribution in [2.75, 3.05) is 0 Å². The minimum Gasteiger partial charge on any atom is -0.387 e. The summed E-state index contributed by atoms with van der Waals surface area (Å²) >= 11 is 0. The Morgan fingerprint density at radius 2 is 1.64 bits per heavy atom. The summed E-state index contributed by atoms with van der Waals surface area (Å²) in [6, 6.07) is 0. The summed E-state index contributed by atoms with van der Waals surface area (Å²) in [7, 11) is 0. The van der Waals surface area contributed by atoms with Crippen LogP contribution in [0.5, 0.6) is 0 Å². The molecule has 11 heavy (non-hydrogen) atoms. The van der Waals surface area contributed by atoms with Crippen molar-refractivity contribution >= 4 is 0 Å². The van der Waals surface area contributed by atoms with Gasteiger partial charge in [0.2, 0.25) is 0 Å². The van der Waals surface area contributed by atoms with Crippen LogP contribution in [0.25, 0.3) is 0 Å². The number of aliphatic hydroxyl groups excluding tert-OH is 4. The van der Waals surface area contributed by atoms with E-state index in [0.717, 1.165) is 0 Å². The maximum Gasteiger partial charge on any atom is 0.112 e. The monoisotopic (exact) mass is 160 g/mol. The summed E-state index contributed by atoms with van der Waals surface area (Å²) in [6.45, 7) is 1.59. The van der Waals surface area contributed by atoms with Gasteiger partial charge < -0.3 is 20.4 Å². The molecule has 4 atom stereocenters. The zero-order chi connectivity index (χ0) is 8.59. The quantitative estimate of drug-likeness (QED) is 0.321. The fourth-order valence-electron chi connectivity index (χ4n) is 1.12. The first kappa shape index (κ1) is 8.67. The highest BCUT2D eigenvalue weighted by molar-refractivity contribution is 5.17. The summed E-state index contributed by atoms with van der Waals surface area (Å²) in [4.78, 5) is 0. The van der Waals surface area contributed by atoms with Gasteiger partial charge in [-0.05, 0) is 12.5 Å². The molecule has 1 aliphatic carbocycles. The molecule has 0 aromatic heterocycles. The van der Waals surface area contributed by atoms with Gasteiger partial charge in [0.15, 0.2) is 0 Å². The smallest absolute Gasteiger partial charge is 0.112 e. The molecule has 64 valence electrons. The van der Waals surface area contributed by atoms with Crippen LogP contribution in [0.2, 0.25) is 0 Å². The minimum atomic E-state index is -1.28. The highest BCUT2D eigenvalue weighted by atomic mass is 16.4. The molecule has 0 saturated carbocycles. The zero-order valence-corrected chi connectivity index (χ0v) is 6.18. The largest absolute Gasteiger partial charge is 0.387 e. The van der Waals surface area contributed by atoms with Crippen LogP contribution >= 0.6 is 0 Å². The zero-order valence-electron chi connectivity index (χ0n) is 6.18. The van der Waals surface area contributed by atoms with Crippen molar-refractivity contribution in [3.63, 3.8) is 0 Å². The van der Waals surface area contributed by atoms with Gasteiger partial charge in [-0.1, -0.05) is 6.08 Å². The van der Waals surface area contributed by atoms with Crippen LogP contribution in [0, 0.1) is 0 Å². The highest BCUT2D eigenvalue weighted by Gasteiger charge is 2.34. The molecule has 0 bridgehead atoms. The normalized spacial score (nSPS) is 45.4. The predicted molar refractivity (Wildman–Crippen MR) is 37.8 cm³/mol. The van der Waals surface area contributed by atoms with E-state index in [1.165, 1.54) is 6.08 Å². The summed E-state index contributed by atoms with van der Waals surface area (Å²) in [5.74, 6) is 0. The Bertz CT molecular complexity index is 177. The molecular weight excluding hydrogens is 148 g/mol. The Hall–Kier alpha value is -0.420. The van der Waals surface area contributed by atoms with E-state index in [0.29, 0.717) is 5.57 Å². The minimum absolute atomic E-state index is 0.482. The van der Waals surface area contributed by atoms with Crippen molar-refractivity contribution in [3.05, 3.63) is 11.6 Å². The lowest BCUT2D eigenvalue weighted by Crippen LogP contribution is -2.47. The molecule has 0 aromatic rings. The van der Waals surface area contributed by atoms with Crippen LogP contribution in [-0.2, 0) is 0 Å². The average Bonchev–Trinajstić information content (AvgIpc) is 1.97. The summed E-state index contributed by atoms with van der Waals surface area (Å²) in [5, 5.41) is 36.3. The van der Waals surface area contributed by atoms with E-state index in [-0.39, 0.29) is 0 Å². The third-order valence-corrected chi connectivity index (χ3v) is 1.92. The first-order valence-electron chi connectivity index (χ1n) is 3.44. The van der Waals surface area contributed by atoms with Gasteiger partial charge in [-0.3, -0.25) is 0 Å². The van der Waals surface area contributed by atoms with Crippen molar-refractivity contribution in [2.45, 2.75) is 31.3 Å². The molecule has 4 nitrogen and oxygen atoms in total. The molecule has 0 radical (unpaired) electrons. The van der Waals surface area contributed by atoms with E-state index in [2.05, 4.69) is 0 Å². The van der Waals surface area contributed by atoms with E-state index in [4.69, 9.17) is 20.4 Å². The van der Waals surface area contributed by atoms with E-state index < -0.39 is 24.4 Å². The molecule has 0 aromatic carbocycles. The lowest BCUT2D eigenvalue weighted by molar-refractivity contribution is -0.0924. The summed E-state index contributed by atoms with van der Waals surface area (Å²) in [5.41, 5.74) is 0.482. The summed E-state index contributed by atoms with van der Waals surface area (Å²) in [6.07, 6.45) is -3.37. The van der Waals surface area contributed by atoms with Gasteiger partial charge in [0, 0.05) is 0 Å². The van der Waals surface area contributed by atoms with Gasteiger partial charge in [-0.15, -0.1) is 0 Å². The van der Waals surface area contributed by atoms with Crippen LogP contribution in [0.1, 0.15) is 6.92 Å². The number of rotatable bonds is 0. The van der Waals surface area contributed by atoms with Gasteiger partial charge in [0.25, 0.3) is 0 Å². The van der Waals surface area contributed by atoms with E-state index in [9.17, 15) is 0 Å². The van der Waals surface area contributed by atoms with Crippen LogP contribution in [-0.4, -0.2) is 44.8 Å². The topological polar surface area (TPSA) is 80.9 Å². The van der Waals surface area contributed by atoms with Crippen LogP contribution in [0.3, 0.4) is 0 Å². The fraction of sp³-hybridized carbons (Fsp3) is 0.714. The first-order chi connectivity index (χ1) is 5.04. The molecule has 0 fully saturated rings. The fourth-order valence-corrected chi connectivity index (χ4v) is 1.12. The van der Waals surface area contributed by atoms with Gasteiger partial charge in [-0.25, -0.2) is 0 Å². The highest BCUT2D eigenvalue weighted by Crippen LogP contribution is 2.19. The van der Waals surface area contributed by atoms with Crippen molar-refractivity contribution in [3.8, 4) is 0 Å². The van der Waals surface area contributed by atoms with Crippen molar-refractivity contribution < 1.29 is 20.4 Å². The molecule has 4 heteroatoms.